The molecule has 1 aliphatic carbocycles. The van der Waals surface area contributed by atoms with Gasteiger partial charge in [-0.2, -0.15) is 5.10 Å². The molecule has 192 valence electrons. The van der Waals surface area contributed by atoms with Crippen molar-refractivity contribution in [2.45, 2.75) is 38.3 Å². The van der Waals surface area contributed by atoms with Crippen LogP contribution in [0.15, 0.2) is 66.9 Å². The van der Waals surface area contributed by atoms with Crippen molar-refractivity contribution in [1.82, 2.24) is 20.0 Å². The SMILES string of the molecule is COc1nnc(-c2cccc(OCc3cnn(C4CCCC4)c3-c3ccccc3)c2)cc1NS(C)(=O)=O. The molecule has 0 radical (unpaired) electrons. The first-order valence-corrected chi connectivity index (χ1v) is 14.0. The second-order valence-corrected chi connectivity index (χ2v) is 10.9. The van der Waals surface area contributed by atoms with Gasteiger partial charge < -0.3 is 9.47 Å². The Morgan fingerprint density at radius 3 is 2.49 bits per heavy atom. The zero-order valence-corrected chi connectivity index (χ0v) is 21.6. The van der Waals surface area contributed by atoms with Crippen molar-refractivity contribution < 1.29 is 17.9 Å². The summed E-state index contributed by atoms with van der Waals surface area (Å²) in [5, 5.41) is 13.0. The van der Waals surface area contributed by atoms with E-state index in [9.17, 15) is 8.42 Å². The third-order valence-electron chi connectivity index (χ3n) is 6.36. The summed E-state index contributed by atoms with van der Waals surface area (Å²) in [4.78, 5) is 0. The molecule has 5 rings (SSSR count). The van der Waals surface area contributed by atoms with Crippen molar-refractivity contribution in [3.8, 4) is 34.1 Å². The Hall–Kier alpha value is -3.92. The van der Waals surface area contributed by atoms with Gasteiger partial charge >= 0.3 is 0 Å². The van der Waals surface area contributed by atoms with Gasteiger partial charge in [0.05, 0.1) is 37.0 Å². The average Bonchev–Trinajstić information content (AvgIpc) is 3.57. The standard InChI is InChI=1S/C27H29N5O4S/c1-35-27-25(31-37(2,33)34)16-24(29-30-27)20-11-8-14-23(15-20)36-18-21-17-28-32(22-12-6-7-13-22)26(21)19-9-4-3-5-10-19/h3-5,8-11,14-17,22H,6-7,12-13,18H2,1-2H3,(H,29,31). The predicted octanol–water partition coefficient (Wildman–Crippen LogP) is 5.08. The van der Waals surface area contributed by atoms with E-state index in [0.29, 0.717) is 24.1 Å². The molecule has 37 heavy (non-hydrogen) atoms. The molecule has 0 saturated heterocycles. The second-order valence-electron chi connectivity index (χ2n) is 9.11. The van der Waals surface area contributed by atoms with E-state index in [1.54, 1.807) is 6.07 Å². The molecule has 1 saturated carbocycles. The summed E-state index contributed by atoms with van der Waals surface area (Å²) in [6, 6.07) is 19.8. The molecule has 1 aliphatic rings. The van der Waals surface area contributed by atoms with Crippen LogP contribution < -0.4 is 14.2 Å². The van der Waals surface area contributed by atoms with Crippen LogP contribution in [0.25, 0.3) is 22.5 Å². The Balaban J connectivity index is 1.40. The molecule has 10 heteroatoms. The number of methoxy groups -OCH3 is 1. The number of rotatable bonds is 9. The third kappa shape index (κ3) is 5.75. The number of benzene rings is 2. The monoisotopic (exact) mass is 519 g/mol. The summed E-state index contributed by atoms with van der Waals surface area (Å²) in [6.45, 7) is 0.357. The van der Waals surface area contributed by atoms with Gasteiger partial charge in [0.15, 0.2) is 0 Å². The quantitative estimate of drug-likeness (QED) is 0.328. The highest BCUT2D eigenvalue weighted by Crippen LogP contribution is 2.35. The van der Waals surface area contributed by atoms with Crippen LogP contribution in [0.4, 0.5) is 5.69 Å². The smallest absolute Gasteiger partial charge is 0.257 e. The van der Waals surface area contributed by atoms with Crippen LogP contribution >= 0.6 is 0 Å². The van der Waals surface area contributed by atoms with Crippen molar-refractivity contribution in [3.05, 3.63) is 72.4 Å². The second kappa shape index (κ2) is 10.6. The molecule has 2 aromatic carbocycles. The highest BCUT2D eigenvalue weighted by Gasteiger charge is 2.23. The molecule has 0 bridgehead atoms. The summed E-state index contributed by atoms with van der Waals surface area (Å²) in [5.74, 6) is 0.745. The van der Waals surface area contributed by atoms with Crippen LogP contribution in [0.3, 0.4) is 0 Å². The third-order valence-corrected chi connectivity index (χ3v) is 6.95. The first-order chi connectivity index (χ1) is 17.9. The molecule has 9 nitrogen and oxygen atoms in total. The zero-order valence-electron chi connectivity index (χ0n) is 20.8. The van der Waals surface area contributed by atoms with E-state index in [1.165, 1.54) is 20.0 Å². The van der Waals surface area contributed by atoms with Gasteiger partial charge in [-0.1, -0.05) is 55.3 Å². The van der Waals surface area contributed by atoms with E-state index in [1.807, 2.05) is 48.7 Å². The van der Waals surface area contributed by atoms with Crippen molar-refractivity contribution in [1.29, 1.82) is 0 Å². The Bertz CT molecular complexity index is 1480. The van der Waals surface area contributed by atoms with E-state index in [4.69, 9.17) is 14.6 Å². The maximum absolute atomic E-state index is 11.8. The van der Waals surface area contributed by atoms with Gasteiger partial charge in [0.2, 0.25) is 10.0 Å². The van der Waals surface area contributed by atoms with Gasteiger partial charge in [0.25, 0.3) is 5.88 Å². The van der Waals surface area contributed by atoms with Gasteiger partial charge in [-0.25, -0.2) is 8.42 Å². The van der Waals surface area contributed by atoms with Gasteiger partial charge in [0, 0.05) is 16.7 Å². The lowest BCUT2D eigenvalue weighted by Gasteiger charge is -2.16. The molecule has 0 unspecified atom stereocenters. The van der Waals surface area contributed by atoms with Gasteiger partial charge in [-0.3, -0.25) is 9.40 Å². The number of hydrogen-bond donors (Lipinski definition) is 1. The van der Waals surface area contributed by atoms with Gasteiger partial charge in [-0.05, 0) is 31.0 Å². The van der Waals surface area contributed by atoms with Crippen molar-refractivity contribution >= 4 is 15.7 Å². The minimum Gasteiger partial charge on any atom is -0.489 e. The van der Waals surface area contributed by atoms with Crippen molar-refractivity contribution in [2.24, 2.45) is 0 Å². The average molecular weight is 520 g/mol. The topological polar surface area (TPSA) is 108 Å². The fourth-order valence-corrected chi connectivity index (χ4v) is 5.24. The molecule has 0 amide bonds. The summed E-state index contributed by atoms with van der Waals surface area (Å²) < 4.78 is 39.5. The minimum atomic E-state index is -3.52. The largest absolute Gasteiger partial charge is 0.489 e. The summed E-state index contributed by atoms with van der Waals surface area (Å²) in [6.07, 6.45) is 7.72. The number of nitrogens with zero attached hydrogens (tertiary/aromatic N) is 4. The molecular formula is C27H29N5O4S. The van der Waals surface area contributed by atoms with Crippen LogP contribution in [0.5, 0.6) is 11.6 Å². The van der Waals surface area contributed by atoms with E-state index >= 15 is 0 Å². The first kappa shape index (κ1) is 24.8. The van der Waals surface area contributed by atoms with E-state index in [2.05, 4.69) is 31.7 Å². The summed E-state index contributed by atoms with van der Waals surface area (Å²) in [5.41, 5.74) is 4.67. The summed E-state index contributed by atoms with van der Waals surface area (Å²) >= 11 is 0. The maximum atomic E-state index is 11.8. The lowest BCUT2D eigenvalue weighted by atomic mass is 10.1. The number of aromatic nitrogens is 4. The van der Waals surface area contributed by atoms with E-state index < -0.39 is 10.0 Å². The van der Waals surface area contributed by atoms with Crippen molar-refractivity contribution in [3.63, 3.8) is 0 Å². The fourth-order valence-electron chi connectivity index (χ4n) is 4.69. The predicted molar refractivity (Wildman–Crippen MR) is 142 cm³/mol. The van der Waals surface area contributed by atoms with E-state index in [0.717, 1.165) is 41.5 Å². The molecule has 4 aromatic rings. The Kier molecular flexibility index (Phi) is 7.09. The molecule has 1 fully saturated rings. The fraction of sp³-hybridized carbons (Fsp3) is 0.296. The Labute approximate surface area is 216 Å². The zero-order chi connectivity index (χ0) is 25.8. The maximum Gasteiger partial charge on any atom is 0.257 e. The molecule has 2 heterocycles. The van der Waals surface area contributed by atoms with Gasteiger partial charge in [-0.15, -0.1) is 10.2 Å². The number of anilines is 1. The minimum absolute atomic E-state index is 0.0919. The van der Waals surface area contributed by atoms with Crippen LogP contribution in [0.2, 0.25) is 0 Å². The summed E-state index contributed by atoms with van der Waals surface area (Å²) in [7, 11) is -2.11. The lowest BCUT2D eigenvalue weighted by molar-refractivity contribution is 0.306. The lowest BCUT2D eigenvalue weighted by Crippen LogP contribution is -2.11. The molecule has 2 aromatic heterocycles. The number of nitrogens with one attached hydrogen (secondary N) is 1. The first-order valence-electron chi connectivity index (χ1n) is 12.2. The highest BCUT2D eigenvalue weighted by atomic mass is 32.2. The van der Waals surface area contributed by atoms with Crippen LogP contribution in [0.1, 0.15) is 37.3 Å². The Morgan fingerprint density at radius 1 is 1.00 bits per heavy atom. The molecular weight excluding hydrogens is 490 g/mol. The number of sulfonamides is 1. The van der Waals surface area contributed by atoms with Crippen molar-refractivity contribution in [2.75, 3.05) is 18.1 Å². The molecule has 0 atom stereocenters. The molecule has 0 spiro atoms. The highest BCUT2D eigenvalue weighted by molar-refractivity contribution is 7.92. The Morgan fingerprint density at radius 2 is 1.76 bits per heavy atom. The normalized spacial score (nSPS) is 14.0. The van der Waals surface area contributed by atoms with Gasteiger partial charge in [0.1, 0.15) is 18.0 Å². The van der Waals surface area contributed by atoms with Crippen LogP contribution in [0, 0.1) is 0 Å². The number of hydrogen-bond acceptors (Lipinski definition) is 7. The number of ether oxygens (including phenoxy) is 2. The van der Waals surface area contributed by atoms with E-state index in [-0.39, 0.29) is 11.6 Å². The van der Waals surface area contributed by atoms with Crippen LogP contribution in [-0.4, -0.2) is 41.8 Å². The molecule has 1 N–H and O–H groups in total. The molecule has 0 aliphatic heterocycles. The van der Waals surface area contributed by atoms with Crippen LogP contribution in [-0.2, 0) is 16.6 Å².